The van der Waals surface area contributed by atoms with Gasteiger partial charge in [-0.25, -0.2) is 13.9 Å². The molecule has 1 atom stereocenters. The van der Waals surface area contributed by atoms with Crippen LogP contribution in [0.15, 0.2) is 35.6 Å². The molecular weight excluding hydrogens is 383 g/mol. The monoisotopic (exact) mass is 400 g/mol. The molecule has 1 aromatic carbocycles. The van der Waals surface area contributed by atoms with Gasteiger partial charge in [0.1, 0.15) is 5.82 Å². The van der Waals surface area contributed by atoms with E-state index >= 15 is 0 Å². The quantitative estimate of drug-likeness (QED) is 0.481. The van der Waals surface area contributed by atoms with E-state index in [-0.39, 0.29) is 29.2 Å². The molecule has 0 radical (unpaired) electrons. The highest BCUT2D eigenvalue weighted by Crippen LogP contribution is 2.32. The molecule has 7 nitrogen and oxygen atoms in total. The lowest BCUT2D eigenvalue weighted by molar-refractivity contribution is -0.139. The van der Waals surface area contributed by atoms with Gasteiger partial charge in [0.15, 0.2) is 5.78 Å². The number of fused-ring (bicyclic) bond motifs is 2. The second-order valence-electron chi connectivity index (χ2n) is 6.41. The number of aromatic nitrogens is 4. The van der Waals surface area contributed by atoms with Gasteiger partial charge in [0.25, 0.3) is 5.78 Å². The zero-order chi connectivity index (χ0) is 19.7. The Morgan fingerprint density at radius 2 is 2.07 bits per heavy atom. The summed E-state index contributed by atoms with van der Waals surface area (Å²) < 4.78 is 19.5. The smallest absolute Gasteiger partial charge is 0.316 e. The number of ether oxygens (including phenoxy) is 1. The van der Waals surface area contributed by atoms with Crippen molar-refractivity contribution in [1.82, 2.24) is 19.6 Å². The van der Waals surface area contributed by atoms with E-state index in [9.17, 15) is 14.0 Å². The average molecular weight is 400 g/mol. The van der Waals surface area contributed by atoms with Crippen molar-refractivity contribution in [3.63, 3.8) is 0 Å². The van der Waals surface area contributed by atoms with Crippen LogP contribution in [-0.2, 0) is 16.0 Å². The Balaban J connectivity index is 1.58. The summed E-state index contributed by atoms with van der Waals surface area (Å²) in [5.41, 5.74) is 2.10. The van der Waals surface area contributed by atoms with Gasteiger partial charge in [0.2, 0.25) is 5.16 Å². The molecule has 0 saturated carbocycles. The first-order chi connectivity index (χ1) is 13.5. The molecule has 0 N–H and O–H groups in total. The molecule has 0 fully saturated rings. The van der Waals surface area contributed by atoms with E-state index < -0.39 is 0 Å². The maximum absolute atomic E-state index is 13.2. The van der Waals surface area contributed by atoms with E-state index in [1.165, 1.54) is 16.6 Å². The molecule has 2 aromatic heterocycles. The predicted octanol–water partition coefficient (Wildman–Crippen LogP) is 2.83. The zero-order valence-corrected chi connectivity index (χ0v) is 15.9. The number of carbonyl (C=O) groups excluding carboxylic acids is 2. The first-order valence-corrected chi connectivity index (χ1v) is 9.85. The Morgan fingerprint density at radius 3 is 2.82 bits per heavy atom. The van der Waals surface area contributed by atoms with E-state index in [0.717, 1.165) is 17.3 Å². The molecule has 4 rings (SSSR count). The van der Waals surface area contributed by atoms with Gasteiger partial charge in [-0.1, -0.05) is 23.9 Å². The summed E-state index contributed by atoms with van der Waals surface area (Å²) in [6.07, 6.45) is 2.55. The maximum atomic E-state index is 13.2. The van der Waals surface area contributed by atoms with Gasteiger partial charge in [-0.05, 0) is 37.0 Å². The summed E-state index contributed by atoms with van der Waals surface area (Å²) in [6, 6.07) is 6.21. The first kappa shape index (κ1) is 18.5. The fourth-order valence-corrected chi connectivity index (χ4v) is 3.84. The summed E-state index contributed by atoms with van der Waals surface area (Å²) in [6.45, 7) is 2.07. The third kappa shape index (κ3) is 3.75. The van der Waals surface area contributed by atoms with Crippen LogP contribution in [0.4, 0.5) is 4.39 Å². The molecular formula is C19H17FN4O3S. The zero-order valence-electron chi connectivity index (χ0n) is 15.1. The third-order valence-electron chi connectivity index (χ3n) is 4.53. The lowest BCUT2D eigenvalue weighted by atomic mass is 9.82. The Kier molecular flexibility index (Phi) is 5.08. The van der Waals surface area contributed by atoms with Gasteiger partial charge in [-0.2, -0.15) is 4.98 Å². The van der Waals surface area contributed by atoms with Crippen molar-refractivity contribution in [3.05, 3.63) is 53.1 Å². The van der Waals surface area contributed by atoms with Crippen LogP contribution in [0.25, 0.3) is 5.78 Å². The highest BCUT2D eigenvalue weighted by Gasteiger charge is 2.28. The van der Waals surface area contributed by atoms with Crippen molar-refractivity contribution >= 4 is 29.3 Å². The second-order valence-corrected chi connectivity index (χ2v) is 7.36. The number of halogens is 1. The van der Waals surface area contributed by atoms with E-state index in [1.807, 2.05) is 0 Å². The first-order valence-electron chi connectivity index (χ1n) is 8.87. The molecule has 0 spiro atoms. The number of hydrogen-bond donors (Lipinski definition) is 0. The van der Waals surface area contributed by atoms with Crippen LogP contribution >= 0.6 is 11.8 Å². The molecule has 3 aromatic rings. The largest absolute Gasteiger partial charge is 0.465 e. The Morgan fingerprint density at radius 1 is 1.29 bits per heavy atom. The molecule has 1 aliphatic carbocycles. The molecule has 0 unspecified atom stereocenters. The number of rotatable bonds is 5. The summed E-state index contributed by atoms with van der Waals surface area (Å²) in [5.74, 6) is -0.232. The van der Waals surface area contributed by atoms with E-state index in [1.54, 1.807) is 25.3 Å². The highest BCUT2D eigenvalue weighted by molar-refractivity contribution is 7.99. The minimum absolute atomic E-state index is 0.0267. The Bertz CT molecular complexity index is 1050. The van der Waals surface area contributed by atoms with Gasteiger partial charge in [0.05, 0.1) is 23.6 Å². The van der Waals surface area contributed by atoms with Crippen LogP contribution in [0.5, 0.6) is 0 Å². The van der Waals surface area contributed by atoms with Crippen LogP contribution in [-0.4, -0.2) is 43.7 Å². The number of benzene rings is 1. The third-order valence-corrected chi connectivity index (χ3v) is 5.34. The van der Waals surface area contributed by atoms with Crippen molar-refractivity contribution in [2.45, 2.75) is 30.8 Å². The SMILES string of the molecule is CCOC(=O)CSc1nc2nc3c(cn2n1)C(=O)C[C@@H](c1ccc(F)cc1)C3. The molecule has 0 aliphatic heterocycles. The second kappa shape index (κ2) is 7.67. The predicted molar refractivity (Wildman–Crippen MR) is 99.9 cm³/mol. The van der Waals surface area contributed by atoms with Crippen molar-refractivity contribution in [1.29, 1.82) is 0 Å². The van der Waals surface area contributed by atoms with E-state index in [0.29, 0.717) is 41.6 Å². The van der Waals surface area contributed by atoms with Gasteiger partial charge in [-0.3, -0.25) is 9.59 Å². The van der Waals surface area contributed by atoms with Crippen molar-refractivity contribution in [3.8, 4) is 0 Å². The normalized spacial score (nSPS) is 16.2. The number of hydrogen-bond acceptors (Lipinski definition) is 7. The molecule has 0 bridgehead atoms. The van der Waals surface area contributed by atoms with Crippen LogP contribution < -0.4 is 0 Å². The Hall–Kier alpha value is -2.81. The summed E-state index contributed by atoms with van der Waals surface area (Å²) in [4.78, 5) is 32.9. The minimum Gasteiger partial charge on any atom is -0.465 e. The van der Waals surface area contributed by atoms with Gasteiger partial charge >= 0.3 is 5.97 Å². The molecule has 144 valence electrons. The van der Waals surface area contributed by atoms with Crippen LogP contribution in [0.1, 0.15) is 40.9 Å². The van der Waals surface area contributed by atoms with E-state index in [4.69, 9.17) is 4.74 Å². The van der Waals surface area contributed by atoms with Crippen molar-refractivity contribution in [2.24, 2.45) is 0 Å². The number of nitrogens with zero attached hydrogens (tertiary/aromatic N) is 4. The van der Waals surface area contributed by atoms with Crippen LogP contribution in [0.3, 0.4) is 0 Å². The van der Waals surface area contributed by atoms with Gasteiger partial charge in [-0.15, -0.1) is 5.10 Å². The standard InChI is InChI=1S/C19H17FN4O3S/c1-2-27-17(26)10-28-19-22-18-21-15-7-12(11-3-5-13(20)6-4-11)8-16(25)14(15)9-24(18)23-19/h3-6,9,12H,2,7-8,10H2,1H3/t12-/m0/s1. The van der Waals surface area contributed by atoms with Crippen LogP contribution in [0, 0.1) is 5.82 Å². The van der Waals surface area contributed by atoms with Gasteiger partial charge < -0.3 is 4.74 Å². The number of ketones is 1. The number of esters is 1. The lowest BCUT2D eigenvalue weighted by Crippen LogP contribution is -2.21. The van der Waals surface area contributed by atoms with Crippen molar-refractivity contribution in [2.75, 3.05) is 12.4 Å². The Labute approximate surface area is 164 Å². The molecule has 1 aliphatic rings. The molecule has 28 heavy (non-hydrogen) atoms. The molecule has 0 amide bonds. The summed E-state index contributed by atoms with van der Waals surface area (Å²) >= 11 is 1.16. The van der Waals surface area contributed by atoms with E-state index in [2.05, 4.69) is 15.1 Å². The topological polar surface area (TPSA) is 86.4 Å². The van der Waals surface area contributed by atoms with Crippen LogP contribution in [0.2, 0.25) is 0 Å². The van der Waals surface area contributed by atoms with Gasteiger partial charge in [0, 0.05) is 12.6 Å². The van der Waals surface area contributed by atoms with Crippen molar-refractivity contribution < 1.29 is 18.7 Å². The molecule has 2 heterocycles. The highest BCUT2D eigenvalue weighted by atomic mass is 32.2. The number of thioether (sulfide) groups is 1. The fraction of sp³-hybridized carbons (Fsp3) is 0.316. The summed E-state index contributed by atoms with van der Waals surface area (Å²) in [7, 11) is 0. The minimum atomic E-state index is -0.337. The lowest BCUT2D eigenvalue weighted by Gasteiger charge is -2.23. The maximum Gasteiger partial charge on any atom is 0.316 e. The fourth-order valence-electron chi connectivity index (χ4n) is 3.22. The average Bonchev–Trinajstić information content (AvgIpc) is 3.07. The molecule has 9 heteroatoms. The summed E-state index contributed by atoms with van der Waals surface area (Å²) in [5, 5.41) is 4.67. The molecule has 0 saturated heterocycles. The number of Topliss-reactive ketones (excluding diaryl/α,β-unsaturated/α-hetero) is 1. The number of carbonyl (C=O) groups is 2.